The molecule has 0 bridgehead atoms. The molecule has 2 rings (SSSR count). The number of methoxy groups -OCH3 is 1. The van der Waals surface area contributed by atoms with Gasteiger partial charge in [0.25, 0.3) is 5.91 Å². The first-order valence-corrected chi connectivity index (χ1v) is 9.65. The number of hydrogen-bond donors (Lipinski definition) is 1. The summed E-state index contributed by atoms with van der Waals surface area (Å²) in [5.41, 5.74) is 3.18. The molecule has 6 heteroatoms. The highest BCUT2D eigenvalue weighted by Gasteiger charge is 2.18. The fourth-order valence-corrected chi connectivity index (χ4v) is 2.87. The van der Waals surface area contributed by atoms with Gasteiger partial charge in [0.15, 0.2) is 11.5 Å². The number of nitrogens with one attached hydrogen (secondary N) is 1. The Morgan fingerprint density at radius 1 is 1.07 bits per heavy atom. The molecule has 0 heterocycles. The number of ether oxygens (including phenoxy) is 2. The van der Waals surface area contributed by atoms with Gasteiger partial charge < -0.3 is 19.7 Å². The highest BCUT2D eigenvalue weighted by Crippen LogP contribution is 2.29. The van der Waals surface area contributed by atoms with E-state index in [9.17, 15) is 9.59 Å². The number of aryl methyl sites for hydroxylation is 2. The van der Waals surface area contributed by atoms with Gasteiger partial charge in [0.05, 0.1) is 20.3 Å². The van der Waals surface area contributed by atoms with Gasteiger partial charge in [-0.1, -0.05) is 32.0 Å². The van der Waals surface area contributed by atoms with Crippen molar-refractivity contribution in [3.05, 3.63) is 53.1 Å². The van der Waals surface area contributed by atoms with Crippen molar-refractivity contribution in [3.8, 4) is 11.5 Å². The predicted molar refractivity (Wildman–Crippen MR) is 115 cm³/mol. The minimum Gasteiger partial charge on any atom is -0.493 e. The van der Waals surface area contributed by atoms with Crippen LogP contribution in [0.4, 0.5) is 5.69 Å². The minimum absolute atomic E-state index is 0.0550. The van der Waals surface area contributed by atoms with Crippen molar-refractivity contribution < 1.29 is 19.1 Å². The molecule has 0 radical (unpaired) electrons. The third-order valence-corrected chi connectivity index (χ3v) is 4.46. The molecule has 6 nitrogen and oxygen atoms in total. The van der Waals surface area contributed by atoms with Gasteiger partial charge in [0.2, 0.25) is 5.91 Å². The van der Waals surface area contributed by atoms with Crippen LogP contribution in [0.2, 0.25) is 0 Å². The maximum atomic E-state index is 12.8. The van der Waals surface area contributed by atoms with Crippen molar-refractivity contribution in [1.29, 1.82) is 0 Å². The molecule has 2 aromatic rings. The Morgan fingerprint density at radius 3 is 2.31 bits per heavy atom. The number of benzene rings is 2. The molecule has 0 aliphatic carbocycles. The number of carbonyl (C=O) groups is 2. The zero-order chi connectivity index (χ0) is 21.6. The number of carbonyl (C=O) groups excluding carboxylic acids is 2. The van der Waals surface area contributed by atoms with Gasteiger partial charge in [0.1, 0.15) is 0 Å². The lowest BCUT2D eigenvalue weighted by molar-refractivity contribution is -0.116. The average Bonchev–Trinajstić information content (AvgIpc) is 2.68. The van der Waals surface area contributed by atoms with Gasteiger partial charge in [-0.25, -0.2) is 0 Å². The normalized spacial score (nSPS) is 10.6. The van der Waals surface area contributed by atoms with E-state index in [-0.39, 0.29) is 18.4 Å². The van der Waals surface area contributed by atoms with E-state index in [1.807, 2.05) is 32.0 Å². The first-order valence-electron chi connectivity index (χ1n) is 9.65. The van der Waals surface area contributed by atoms with Crippen LogP contribution in [0.3, 0.4) is 0 Å². The molecule has 156 valence electrons. The molecule has 0 saturated carbocycles. The van der Waals surface area contributed by atoms with Gasteiger partial charge in [-0.2, -0.15) is 0 Å². The maximum Gasteiger partial charge on any atom is 0.254 e. The Balaban J connectivity index is 2.06. The molecule has 2 amide bonds. The second-order valence-electron chi connectivity index (χ2n) is 7.55. The summed E-state index contributed by atoms with van der Waals surface area (Å²) in [7, 11) is 3.13. The van der Waals surface area contributed by atoms with Crippen LogP contribution >= 0.6 is 0 Å². The fourth-order valence-electron chi connectivity index (χ4n) is 2.87. The van der Waals surface area contributed by atoms with E-state index < -0.39 is 0 Å². The number of hydrogen-bond acceptors (Lipinski definition) is 4. The van der Waals surface area contributed by atoms with E-state index in [0.29, 0.717) is 29.6 Å². The smallest absolute Gasteiger partial charge is 0.254 e. The first kappa shape index (κ1) is 22.3. The average molecular weight is 399 g/mol. The van der Waals surface area contributed by atoms with E-state index >= 15 is 0 Å². The molecule has 29 heavy (non-hydrogen) atoms. The third kappa shape index (κ3) is 5.98. The number of amides is 2. The molecule has 0 spiro atoms. The van der Waals surface area contributed by atoms with Crippen LogP contribution < -0.4 is 14.8 Å². The van der Waals surface area contributed by atoms with E-state index in [4.69, 9.17) is 9.47 Å². The van der Waals surface area contributed by atoms with E-state index in [0.717, 1.165) is 16.8 Å². The summed E-state index contributed by atoms with van der Waals surface area (Å²) >= 11 is 0. The first-order chi connectivity index (χ1) is 13.7. The SMILES string of the molecule is COc1cc(C(=O)N(C)CC(=O)Nc2c(C)cccc2C)ccc1OCC(C)C. The summed E-state index contributed by atoms with van der Waals surface area (Å²) < 4.78 is 11.1. The van der Waals surface area contributed by atoms with Crippen molar-refractivity contribution in [2.45, 2.75) is 27.7 Å². The van der Waals surface area contributed by atoms with Crippen LogP contribution in [0.15, 0.2) is 36.4 Å². The second-order valence-corrected chi connectivity index (χ2v) is 7.55. The van der Waals surface area contributed by atoms with Crippen LogP contribution in [-0.2, 0) is 4.79 Å². The van der Waals surface area contributed by atoms with E-state index in [2.05, 4.69) is 19.2 Å². The van der Waals surface area contributed by atoms with Crippen LogP contribution in [0.5, 0.6) is 11.5 Å². The van der Waals surface area contributed by atoms with Crippen LogP contribution in [0, 0.1) is 19.8 Å². The Hall–Kier alpha value is -3.02. The summed E-state index contributed by atoms with van der Waals surface area (Å²) in [6.07, 6.45) is 0. The molecule has 0 aromatic heterocycles. The van der Waals surface area contributed by atoms with Crippen molar-refractivity contribution >= 4 is 17.5 Å². The standard InChI is InChI=1S/C23H30N2O4/c1-15(2)14-29-19-11-10-18(12-20(19)28-6)23(27)25(5)13-21(26)24-22-16(3)8-7-9-17(22)4/h7-12,15H,13-14H2,1-6H3,(H,24,26). The van der Waals surface area contributed by atoms with Crippen molar-refractivity contribution in [2.75, 3.05) is 32.6 Å². The quantitative estimate of drug-likeness (QED) is 0.728. The van der Waals surface area contributed by atoms with Crippen LogP contribution in [0.25, 0.3) is 0 Å². The molecule has 0 unspecified atom stereocenters. The molecule has 2 aromatic carbocycles. The summed E-state index contributed by atoms with van der Waals surface area (Å²) in [5.74, 6) is 0.943. The largest absolute Gasteiger partial charge is 0.493 e. The van der Waals surface area contributed by atoms with E-state index in [1.165, 1.54) is 12.0 Å². The molecule has 0 aliphatic heterocycles. The zero-order valence-corrected chi connectivity index (χ0v) is 18.0. The highest BCUT2D eigenvalue weighted by atomic mass is 16.5. The fraction of sp³-hybridized carbons (Fsp3) is 0.391. The second kappa shape index (κ2) is 9.96. The zero-order valence-electron chi connectivity index (χ0n) is 18.0. The highest BCUT2D eigenvalue weighted by molar-refractivity contribution is 6.00. The van der Waals surface area contributed by atoms with Crippen molar-refractivity contribution in [2.24, 2.45) is 5.92 Å². The lowest BCUT2D eigenvalue weighted by Crippen LogP contribution is -2.35. The molecular formula is C23H30N2O4. The molecule has 0 atom stereocenters. The summed E-state index contributed by atoms with van der Waals surface area (Å²) in [5, 5.41) is 2.90. The molecular weight excluding hydrogens is 368 g/mol. The maximum absolute atomic E-state index is 12.8. The van der Waals surface area contributed by atoms with Crippen molar-refractivity contribution in [3.63, 3.8) is 0 Å². The minimum atomic E-state index is -0.268. The molecule has 0 saturated heterocycles. The van der Waals surface area contributed by atoms with E-state index in [1.54, 1.807) is 25.2 Å². The van der Waals surface area contributed by atoms with Crippen LogP contribution in [0.1, 0.15) is 35.3 Å². The Labute approximate surface area is 172 Å². The Bertz CT molecular complexity index is 857. The Kier molecular flexibility index (Phi) is 7.65. The van der Waals surface area contributed by atoms with Crippen molar-refractivity contribution in [1.82, 2.24) is 4.90 Å². The lowest BCUT2D eigenvalue weighted by Gasteiger charge is -2.19. The van der Waals surface area contributed by atoms with Gasteiger partial charge in [-0.05, 0) is 49.1 Å². The predicted octanol–water partition coefficient (Wildman–Crippen LogP) is 4.06. The summed E-state index contributed by atoms with van der Waals surface area (Å²) in [6, 6.07) is 10.9. The molecule has 0 aliphatic rings. The number of likely N-dealkylation sites (N-methyl/N-ethyl adjacent to an activating group) is 1. The third-order valence-electron chi connectivity index (χ3n) is 4.46. The Morgan fingerprint density at radius 2 is 1.72 bits per heavy atom. The summed E-state index contributed by atoms with van der Waals surface area (Å²) in [4.78, 5) is 26.6. The van der Waals surface area contributed by atoms with Gasteiger partial charge in [-0.3, -0.25) is 9.59 Å². The number of para-hydroxylation sites is 1. The monoisotopic (exact) mass is 398 g/mol. The number of anilines is 1. The molecule has 0 fully saturated rings. The summed E-state index contributed by atoms with van der Waals surface area (Å²) in [6.45, 7) is 8.49. The molecule has 1 N–H and O–H groups in total. The topological polar surface area (TPSA) is 67.9 Å². The van der Waals surface area contributed by atoms with Gasteiger partial charge in [-0.15, -0.1) is 0 Å². The number of rotatable bonds is 8. The van der Waals surface area contributed by atoms with Gasteiger partial charge >= 0.3 is 0 Å². The van der Waals surface area contributed by atoms with Gasteiger partial charge in [0, 0.05) is 18.3 Å². The van der Waals surface area contributed by atoms with Crippen LogP contribution in [-0.4, -0.2) is 44.0 Å². The number of nitrogens with zero attached hydrogens (tertiary/aromatic N) is 1. The lowest BCUT2D eigenvalue weighted by atomic mass is 10.1.